The Morgan fingerprint density at radius 1 is 0.714 bits per heavy atom. The predicted molar refractivity (Wildman–Crippen MR) is 186 cm³/mol. The van der Waals surface area contributed by atoms with Gasteiger partial charge in [0.05, 0.1) is 35.6 Å². The van der Waals surface area contributed by atoms with Crippen LogP contribution in [0.15, 0.2) is 134 Å². The van der Waals surface area contributed by atoms with Crippen LogP contribution >= 0.6 is 0 Å². The molecular formula is C39H38N4O6. The maximum atomic E-state index is 14.0. The molecule has 5 N–H and O–H groups in total. The highest BCUT2D eigenvalue weighted by Crippen LogP contribution is 2.24. The predicted octanol–water partition coefficient (Wildman–Crippen LogP) is 5.61. The number of amides is 3. The molecule has 1 heterocycles. The summed E-state index contributed by atoms with van der Waals surface area (Å²) in [4.78, 5) is 45.0. The zero-order valence-electron chi connectivity index (χ0n) is 26.7. The van der Waals surface area contributed by atoms with Crippen LogP contribution < -0.4 is 15.5 Å². The molecule has 0 saturated heterocycles. The summed E-state index contributed by atoms with van der Waals surface area (Å²) in [5, 5.41) is 37.8. The van der Waals surface area contributed by atoms with Crippen molar-refractivity contribution in [1.82, 2.24) is 15.6 Å². The molecule has 5 aromatic rings. The molecular weight excluding hydrogens is 620 g/mol. The normalized spacial score (nSPS) is 12.7. The van der Waals surface area contributed by atoms with Crippen LogP contribution in [0.2, 0.25) is 0 Å². The van der Waals surface area contributed by atoms with Gasteiger partial charge in [-0.05, 0) is 72.9 Å². The first-order valence-corrected chi connectivity index (χ1v) is 15.9. The zero-order valence-corrected chi connectivity index (χ0v) is 26.7. The molecule has 0 fully saturated rings. The number of anilines is 1. The number of pyridine rings is 1. The summed E-state index contributed by atoms with van der Waals surface area (Å²) in [6.07, 6.45) is -0.0375. The number of phenolic OH excluding ortho intramolecular Hbond substituents is 1. The standard InChI is InChI=1S/C39H38N4O6/c44-32-18-11-16-29(24-32)37(46)42-34(23-28-14-5-2-6-15-28)36(45)25-31(22-27-12-3-1-4-13-27)41-38(47)33-19-7-8-20-35(33)43(39(48)49)26-30-17-9-10-21-40-30/h1-21,24,31,34,36,44-45H,22-23,25-26H2,(H,41,47)(H,42,46)(H,48,49)/t31-,34-,36-/m0/s1. The lowest BCUT2D eigenvalue weighted by atomic mass is 9.93. The van der Waals surface area contributed by atoms with Gasteiger partial charge >= 0.3 is 6.09 Å². The van der Waals surface area contributed by atoms with Gasteiger partial charge in [0.1, 0.15) is 5.75 Å². The molecule has 250 valence electrons. The third-order valence-electron chi connectivity index (χ3n) is 8.09. The summed E-state index contributed by atoms with van der Waals surface area (Å²) in [7, 11) is 0. The van der Waals surface area contributed by atoms with Gasteiger partial charge in [-0.2, -0.15) is 0 Å². The Labute approximate surface area is 284 Å². The van der Waals surface area contributed by atoms with Crippen LogP contribution in [-0.2, 0) is 19.4 Å². The number of nitrogens with zero attached hydrogens (tertiary/aromatic N) is 2. The second-order valence-corrected chi connectivity index (χ2v) is 11.7. The number of benzene rings is 4. The van der Waals surface area contributed by atoms with Gasteiger partial charge < -0.3 is 26.0 Å². The molecule has 49 heavy (non-hydrogen) atoms. The Bertz CT molecular complexity index is 1840. The number of hydrogen-bond donors (Lipinski definition) is 5. The van der Waals surface area contributed by atoms with Crippen LogP contribution in [0.1, 0.15) is 44.0 Å². The van der Waals surface area contributed by atoms with Gasteiger partial charge in [0.15, 0.2) is 0 Å². The van der Waals surface area contributed by atoms with Crippen molar-refractivity contribution in [3.63, 3.8) is 0 Å². The Kier molecular flexibility index (Phi) is 11.7. The van der Waals surface area contributed by atoms with Crippen LogP contribution in [0.4, 0.5) is 10.5 Å². The van der Waals surface area contributed by atoms with Crippen molar-refractivity contribution in [3.8, 4) is 5.75 Å². The second-order valence-electron chi connectivity index (χ2n) is 11.7. The molecule has 0 saturated carbocycles. The fraction of sp³-hybridized carbons (Fsp3) is 0.179. The molecule has 3 atom stereocenters. The number of rotatable bonds is 14. The fourth-order valence-corrected chi connectivity index (χ4v) is 5.67. The number of carboxylic acid groups (broad SMARTS) is 1. The van der Waals surface area contributed by atoms with Crippen molar-refractivity contribution >= 4 is 23.6 Å². The lowest BCUT2D eigenvalue weighted by molar-refractivity contribution is 0.0755. The summed E-state index contributed by atoms with van der Waals surface area (Å²) in [6.45, 7) is -0.0628. The number of carbonyl (C=O) groups excluding carboxylic acids is 2. The van der Waals surface area contributed by atoms with E-state index in [0.29, 0.717) is 18.5 Å². The minimum atomic E-state index is -1.24. The zero-order chi connectivity index (χ0) is 34.6. The molecule has 0 aliphatic heterocycles. The Balaban J connectivity index is 1.41. The number of para-hydroxylation sites is 1. The van der Waals surface area contributed by atoms with E-state index in [1.54, 1.807) is 60.8 Å². The van der Waals surface area contributed by atoms with Crippen molar-refractivity contribution in [2.24, 2.45) is 0 Å². The summed E-state index contributed by atoms with van der Waals surface area (Å²) < 4.78 is 0. The molecule has 4 aromatic carbocycles. The van der Waals surface area contributed by atoms with E-state index >= 15 is 0 Å². The van der Waals surface area contributed by atoms with Crippen molar-refractivity contribution < 1.29 is 29.7 Å². The van der Waals surface area contributed by atoms with Gasteiger partial charge in [0, 0.05) is 17.8 Å². The average Bonchev–Trinajstić information content (AvgIpc) is 3.11. The van der Waals surface area contributed by atoms with Crippen LogP contribution in [-0.4, -0.2) is 56.4 Å². The van der Waals surface area contributed by atoms with E-state index in [1.807, 2.05) is 60.7 Å². The van der Waals surface area contributed by atoms with Crippen LogP contribution in [0.5, 0.6) is 5.75 Å². The quantitative estimate of drug-likeness (QED) is 0.104. The van der Waals surface area contributed by atoms with E-state index in [-0.39, 0.29) is 35.5 Å². The van der Waals surface area contributed by atoms with Gasteiger partial charge in [0.2, 0.25) is 0 Å². The first-order valence-electron chi connectivity index (χ1n) is 15.9. The third-order valence-corrected chi connectivity index (χ3v) is 8.09. The second kappa shape index (κ2) is 16.7. The van der Waals surface area contributed by atoms with E-state index in [2.05, 4.69) is 15.6 Å². The Hall–Kier alpha value is -6.00. The molecule has 5 rings (SSSR count). The lowest BCUT2D eigenvalue weighted by Gasteiger charge is -2.29. The van der Waals surface area contributed by atoms with Gasteiger partial charge in [-0.15, -0.1) is 0 Å². The number of phenols is 1. The van der Waals surface area contributed by atoms with E-state index in [1.165, 1.54) is 12.1 Å². The number of aliphatic hydroxyl groups is 1. The minimum Gasteiger partial charge on any atom is -0.508 e. The number of nitrogens with one attached hydrogen (secondary N) is 2. The summed E-state index contributed by atoms with van der Waals surface area (Å²) in [5.74, 6) is -1.03. The van der Waals surface area contributed by atoms with Crippen LogP contribution in [0, 0.1) is 0 Å². The summed E-state index contributed by atoms with van der Waals surface area (Å²) in [6, 6.07) is 35.2. The first kappa shape index (κ1) is 34.3. The molecule has 3 amide bonds. The number of aliphatic hydroxyl groups excluding tert-OH is 1. The number of carbonyl (C=O) groups is 3. The minimum absolute atomic E-state index is 0.0554. The first-order chi connectivity index (χ1) is 23.8. The van der Waals surface area contributed by atoms with Crippen molar-refractivity contribution in [2.45, 2.75) is 44.0 Å². The number of hydrogen-bond acceptors (Lipinski definition) is 6. The third kappa shape index (κ3) is 9.75. The van der Waals surface area contributed by atoms with Crippen molar-refractivity contribution in [2.75, 3.05) is 4.90 Å². The van der Waals surface area contributed by atoms with Gasteiger partial charge in [-0.3, -0.25) is 19.5 Å². The molecule has 0 unspecified atom stereocenters. The smallest absolute Gasteiger partial charge is 0.412 e. The molecule has 0 aliphatic carbocycles. The molecule has 0 aliphatic rings. The Morgan fingerprint density at radius 3 is 2.02 bits per heavy atom. The highest BCUT2D eigenvalue weighted by molar-refractivity contribution is 6.03. The molecule has 1 aromatic heterocycles. The highest BCUT2D eigenvalue weighted by atomic mass is 16.4. The van der Waals surface area contributed by atoms with Gasteiger partial charge in [-0.1, -0.05) is 84.9 Å². The maximum Gasteiger partial charge on any atom is 0.412 e. The lowest BCUT2D eigenvalue weighted by Crippen LogP contribution is -2.48. The molecule has 10 heteroatoms. The Morgan fingerprint density at radius 2 is 1.37 bits per heavy atom. The monoisotopic (exact) mass is 658 g/mol. The molecule has 0 radical (unpaired) electrons. The topological polar surface area (TPSA) is 152 Å². The number of aromatic hydroxyl groups is 1. The van der Waals surface area contributed by atoms with E-state index in [9.17, 15) is 29.7 Å². The highest BCUT2D eigenvalue weighted by Gasteiger charge is 2.28. The maximum absolute atomic E-state index is 14.0. The van der Waals surface area contributed by atoms with Crippen molar-refractivity contribution in [1.29, 1.82) is 0 Å². The number of aromatic nitrogens is 1. The fourth-order valence-electron chi connectivity index (χ4n) is 5.67. The van der Waals surface area contributed by atoms with E-state index in [0.717, 1.165) is 16.0 Å². The summed E-state index contributed by atoms with van der Waals surface area (Å²) >= 11 is 0. The van der Waals surface area contributed by atoms with Gasteiger partial charge in [-0.25, -0.2) is 4.79 Å². The average molecular weight is 659 g/mol. The van der Waals surface area contributed by atoms with Crippen molar-refractivity contribution in [3.05, 3.63) is 162 Å². The molecule has 0 bridgehead atoms. The largest absolute Gasteiger partial charge is 0.508 e. The van der Waals surface area contributed by atoms with Gasteiger partial charge in [0.25, 0.3) is 11.8 Å². The van der Waals surface area contributed by atoms with Crippen LogP contribution in [0.25, 0.3) is 0 Å². The van der Waals surface area contributed by atoms with E-state index < -0.39 is 36.1 Å². The summed E-state index contributed by atoms with van der Waals surface area (Å²) in [5.41, 5.74) is 2.90. The van der Waals surface area contributed by atoms with E-state index in [4.69, 9.17) is 0 Å². The molecule has 0 spiro atoms. The SMILES string of the molecule is O=C(N[C@@H](Cc1ccccc1)[C@@H](O)C[C@H](Cc1ccccc1)NC(=O)c1ccccc1N(Cc1ccccn1)C(=O)O)c1cccc(O)c1. The molecule has 10 nitrogen and oxygen atoms in total. The van der Waals surface area contributed by atoms with Crippen LogP contribution in [0.3, 0.4) is 0 Å².